The van der Waals surface area contributed by atoms with Crippen molar-refractivity contribution in [1.82, 2.24) is 10.2 Å². The summed E-state index contributed by atoms with van der Waals surface area (Å²) in [6, 6.07) is 35.7. The predicted octanol–water partition coefficient (Wildman–Crippen LogP) is 5.25. The molecule has 0 bridgehead atoms. The monoisotopic (exact) mass is 635 g/mol. The minimum Gasteiger partial charge on any atom is -0.497 e. The van der Waals surface area contributed by atoms with Crippen LogP contribution in [0.4, 0.5) is 0 Å². The quantitative estimate of drug-likeness (QED) is 0.136. The van der Waals surface area contributed by atoms with E-state index in [1.54, 1.807) is 19.4 Å². The molecule has 0 heterocycles. The number of methoxy groups -OCH3 is 2. The number of carbonyl (C=O) groups is 1. The van der Waals surface area contributed by atoms with E-state index in [-0.39, 0.29) is 25.6 Å². The first-order valence-electron chi connectivity index (χ1n) is 15.6. The van der Waals surface area contributed by atoms with E-state index in [2.05, 4.69) is 36.2 Å². The van der Waals surface area contributed by atoms with Crippen molar-refractivity contribution in [3.05, 3.63) is 156 Å². The van der Waals surface area contributed by atoms with Gasteiger partial charge in [0.05, 0.1) is 26.8 Å². The molecule has 4 aromatic carbocycles. The van der Waals surface area contributed by atoms with Crippen LogP contribution in [0.15, 0.2) is 128 Å². The fourth-order valence-corrected chi connectivity index (χ4v) is 5.37. The zero-order valence-corrected chi connectivity index (χ0v) is 27.3. The minimum absolute atomic E-state index is 0.0132. The highest BCUT2D eigenvalue weighted by molar-refractivity contribution is 5.79. The van der Waals surface area contributed by atoms with Gasteiger partial charge in [-0.1, -0.05) is 109 Å². The third kappa shape index (κ3) is 8.96. The average molecular weight is 636 g/mol. The number of aliphatic hydroxyl groups is 1. The van der Waals surface area contributed by atoms with E-state index in [1.807, 2.05) is 91.9 Å². The normalized spacial score (nSPS) is 13.8. The Morgan fingerprint density at radius 1 is 0.915 bits per heavy atom. The Hall–Kier alpha value is -4.73. The molecule has 0 saturated carbocycles. The Morgan fingerprint density at radius 2 is 1.49 bits per heavy atom. The molecule has 0 fully saturated rings. The fraction of sp³-hybridized carbons (Fsp3) is 0.256. The predicted molar refractivity (Wildman–Crippen MR) is 187 cm³/mol. The summed E-state index contributed by atoms with van der Waals surface area (Å²) in [5.41, 5.74) is 10.2. The molecule has 0 aliphatic heterocycles. The van der Waals surface area contributed by atoms with E-state index in [0.717, 1.165) is 39.3 Å². The number of ether oxygens (including phenoxy) is 3. The maximum absolute atomic E-state index is 12.8. The topological polar surface area (TPSA) is 106 Å². The van der Waals surface area contributed by atoms with Gasteiger partial charge in [0.15, 0.2) is 0 Å². The first-order valence-corrected chi connectivity index (χ1v) is 15.6. The van der Waals surface area contributed by atoms with E-state index >= 15 is 0 Å². The molecule has 4 N–H and O–H groups in total. The van der Waals surface area contributed by atoms with Crippen molar-refractivity contribution >= 4 is 11.6 Å². The maximum atomic E-state index is 12.8. The van der Waals surface area contributed by atoms with Gasteiger partial charge < -0.3 is 35.3 Å². The van der Waals surface area contributed by atoms with E-state index in [9.17, 15) is 9.90 Å². The van der Waals surface area contributed by atoms with Crippen LogP contribution in [-0.4, -0.2) is 68.6 Å². The molecule has 4 rings (SSSR count). The van der Waals surface area contributed by atoms with E-state index < -0.39 is 17.8 Å². The van der Waals surface area contributed by atoms with Gasteiger partial charge in [0, 0.05) is 25.6 Å². The van der Waals surface area contributed by atoms with E-state index in [1.165, 1.54) is 12.0 Å². The highest BCUT2D eigenvalue weighted by Gasteiger charge is 2.39. The van der Waals surface area contributed by atoms with Gasteiger partial charge in [-0.25, -0.2) is 0 Å². The zero-order valence-electron chi connectivity index (χ0n) is 27.3. The van der Waals surface area contributed by atoms with Crippen molar-refractivity contribution in [1.29, 1.82) is 0 Å². The molecule has 246 valence electrons. The van der Waals surface area contributed by atoms with Gasteiger partial charge in [-0.05, 0) is 47.4 Å². The number of hydrogen-bond donors (Lipinski definition) is 3. The summed E-state index contributed by atoms with van der Waals surface area (Å²) < 4.78 is 18.1. The van der Waals surface area contributed by atoms with Crippen LogP contribution in [0.5, 0.6) is 5.75 Å². The molecule has 0 aliphatic carbocycles. The molecule has 0 aromatic heterocycles. The van der Waals surface area contributed by atoms with Gasteiger partial charge >= 0.3 is 0 Å². The maximum Gasteiger partial charge on any atom is 0.240 e. The molecule has 3 unspecified atom stereocenters. The fourth-order valence-electron chi connectivity index (χ4n) is 5.37. The Bertz CT molecular complexity index is 1580. The number of rotatable bonds is 17. The molecular formula is C39H45N3O5. The summed E-state index contributed by atoms with van der Waals surface area (Å²) in [6.45, 7) is 6.30. The van der Waals surface area contributed by atoms with Crippen LogP contribution in [0.25, 0.3) is 5.70 Å². The molecule has 0 radical (unpaired) electrons. The third-order valence-corrected chi connectivity index (χ3v) is 8.05. The molecule has 0 spiro atoms. The van der Waals surface area contributed by atoms with Crippen molar-refractivity contribution in [2.45, 2.75) is 24.7 Å². The van der Waals surface area contributed by atoms with Gasteiger partial charge in [0.25, 0.3) is 0 Å². The number of nitrogens with zero attached hydrogens (tertiary/aromatic N) is 1. The Labute approximate surface area is 278 Å². The van der Waals surface area contributed by atoms with E-state index in [4.69, 9.17) is 19.9 Å². The lowest BCUT2D eigenvalue weighted by atomic mass is 9.79. The highest BCUT2D eigenvalue weighted by atomic mass is 16.5. The molecule has 0 saturated heterocycles. The Kier molecular flexibility index (Phi) is 12.9. The van der Waals surface area contributed by atoms with Crippen LogP contribution < -0.4 is 15.8 Å². The zero-order chi connectivity index (χ0) is 33.6. The van der Waals surface area contributed by atoms with Crippen LogP contribution in [0.1, 0.15) is 27.8 Å². The number of hydrogen-bond acceptors (Lipinski definition) is 7. The van der Waals surface area contributed by atoms with Crippen molar-refractivity contribution in [3.8, 4) is 5.75 Å². The number of benzene rings is 4. The number of carbonyl (C=O) groups excluding carboxylic acids is 1. The number of aliphatic hydroxyl groups excluding tert-OH is 1. The van der Waals surface area contributed by atoms with Gasteiger partial charge in [-0.15, -0.1) is 0 Å². The van der Waals surface area contributed by atoms with Crippen LogP contribution >= 0.6 is 0 Å². The van der Waals surface area contributed by atoms with Gasteiger partial charge in [0.2, 0.25) is 5.91 Å². The van der Waals surface area contributed by atoms with Crippen molar-refractivity contribution in [3.63, 3.8) is 0 Å². The molecule has 8 nitrogen and oxygen atoms in total. The summed E-state index contributed by atoms with van der Waals surface area (Å²) >= 11 is 0. The number of nitrogens with two attached hydrogens (primary N) is 1. The minimum atomic E-state index is -1.09. The Balaban J connectivity index is 1.57. The molecular weight excluding hydrogens is 590 g/mol. The van der Waals surface area contributed by atoms with Crippen LogP contribution in [0.2, 0.25) is 0 Å². The molecule has 1 amide bonds. The Morgan fingerprint density at radius 3 is 2.06 bits per heavy atom. The van der Waals surface area contributed by atoms with Crippen LogP contribution in [0.3, 0.4) is 0 Å². The van der Waals surface area contributed by atoms with Gasteiger partial charge in [-0.2, -0.15) is 0 Å². The van der Waals surface area contributed by atoms with Crippen LogP contribution in [0, 0.1) is 6.92 Å². The van der Waals surface area contributed by atoms with Gasteiger partial charge in [0.1, 0.15) is 23.6 Å². The van der Waals surface area contributed by atoms with Crippen LogP contribution in [-0.2, 0) is 19.9 Å². The highest BCUT2D eigenvalue weighted by Crippen LogP contribution is 2.41. The molecule has 47 heavy (non-hydrogen) atoms. The average Bonchev–Trinajstić information content (AvgIpc) is 3.12. The summed E-state index contributed by atoms with van der Waals surface area (Å²) in [6.07, 6.45) is 1.54. The third-order valence-electron chi connectivity index (χ3n) is 8.05. The number of aryl methyl sites for hydroxylation is 1. The number of amides is 1. The lowest BCUT2D eigenvalue weighted by molar-refractivity contribution is -0.131. The first kappa shape index (κ1) is 35.1. The first-order chi connectivity index (χ1) is 22.8. The van der Waals surface area contributed by atoms with Gasteiger partial charge in [-0.3, -0.25) is 4.79 Å². The summed E-state index contributed by atoms with van der Waals surface area (Å²) in [5, 5.41) is 14.6. The van der Waals surface area contributed by atoms with E-state index in [0.29, 0.717) is 6.54 Å². The summed E-state index contributed by atoms with van der Waals surface area (Å²) in [7, 11) is 3.15. The van der Waals surface area contributed by atoms with Crippen molar-refractivity contribution in [2.24, 2.45) is 5.73 Å². The second kappa shape index (κ2) is 17.3. The molecule has 0 aliphatic rings. The van der Waals surface area contributed by atoms with Crippen molar-refractivity contribution in [2.75, 3.05) is 40.5 Å². The lowest BCUT2D eigenvalue weighted by Gasteiger charge is -2.38. The molecule has 4 aromatic rings. The largest absolute Gasteiger partial charge is 0.497 e. The standard InChI is InChI=1S/C39H45N3O5/c1-29-16-18-33(19-17-29)39(32-14-9-6-10-15-32,34-20-22-35(45-3)23-21-34)47-28-37(46-4)36(43)27-42(38(44)26-40)25-11-24-41-30(2)31-12-7-5-8-13-31/h5-23,25,36-37,41,43H,2,24,26-28,40H2,1,3-4H3/b25-11-. The second-order valence-corrected chi connectivity index (χ2v) is 11.2. The molecule has 3 atom stereocenters. The second-order valence-electron chi connectivity index (χ2n) is 11.2. The van der Waals surface area contributed by atoms with Crippen molar-refractivity contribution < 1.29 is 24.1 Å². The summed E-state index contributed by atoms with van der Waals surface area (Å²) in [5.74, 6) is 0.386. The SMILES string of the molecule is C=C(NC/C=C\N(CC(O)C(COC(c1ccccc1)(c1ccc(C)cc1)c1ccc(OC)cc1)OC)C(=O)CN)c1ccccc1. The lowest BCUT2D eigenvalue weighted by Crippen LogP contribution is -2.45. The number of nitrogens with one attached hydrogen (secondary N) is 1. The summed E-state index contributed by atoms with van der Waals surface area (Å²) in [4.78, 5) is 14.2. The smallest absolute Gasteiger partial charge is 0.240 e. The molecule has 8 heteroatoms.